The number of fused-ring (bicyclic) bond motifs is 2. The molecule has 1 fully saturated rings. The highest BCUT2D eigenvalue weighted by Crippen LogP contribution is 2.47. The number of ether oxygens (including phenoxy) is 1. The van der Waals surface area contributed by atoms with E-state index >= 15 is 4.39 Å². The number of aryl methyl sites for hydroxylation is 1. The molecule has 0 radical (unpaired) electrons. The third-order valence-corrected chi connectivity index (χ3v) is 14.4. The first-order valence-corrected chi connectivity index (χ1v) is 26.5. The quantitative estimate of drug-likeness (QED) is 0.0644. The molecule has 1 saturated heterocycles. The van der Waals surface area contributed by atoms with Crippen molar-refractivity contribution in [2.75, 3.05) is 43.1 Å². The van der Waals surface area contributed by atoms with Gasteiger partial charge in [0.05, 0.1) is 47.5 Å². The number of hydrogen-bond acceptors (Lipinski definition) is 14. The monoisotopic (exact) mass is 1050 g/mol. The predicted molar refractivity (Wildman–Crippen MR) is 270 cm³/mol. The molecule has 1 aliphatic carbocycles. The average molecular weight is 1050 g/mol. The molecule has 394 valence electrons. The van der Waals surface area contributed by atoms with E-state index < -0.39 is 74.6 Å². The second-order valence-corrected chi connectivity index (χ2v) is 21.4. The fourth-order valence-electron chi connectivity index (χ4n) is 10.1. The summed E-state index contributed by atoms with van der Waals surface area (Å²) in [6.45, 7) is 4.20. The fraction of sp³-hybridized carbons (Fsp3) is 0.358. The number of unbranched alkanes of at least 4 members (excludes halogenated alkanes) is 2. The number of hydrogen-bond donors (Lipinski definition) is 4. The fourth-order valence-corrected chi connectivity index (χ4v) is 10.9. The summed E-state index contributed by atoms with van der Waals surface area (Å²) < 4.78 is 82.8. The molecule has 18 nitrogen and oxygen atoms in total. The molecule has 4 atom stereocenters. The first kappa shape index (κ1) is 52.2. The first-order valence-electron chi connectivity index (χ1n) is 24.5. The number of amides is 3. The lowest BCUT2D eigenvalue weighted by molar-refractivity contribution is -0.143. The summed E-state index contributed by atoms with van der Waals surface area (Å²) >= 11 is 0. The Bertz CT molecular complexity index is 3320. The standard InChI is InChI=1S/C53H55F3N8O10S/c1-29(2)44(53(69)64-26-32(65)23-41(64)50(66)61-73-33-14-12-30(13-15-33)34-10-6-7-11-38(34)55)42-24-43(60-74-42)72-21-9-5-8-18-58-51(67)45-36-27-63(49-39(56)22-31(54)25-59-49)40-16-19-57-48(46(36)40)47-35(17-20-62(3)52(47)68)37(45)28-75(4,70)71/h6-7,10-15,17,20,22,24-25,27,29,32,40-41,44,57,65H,5,8-9,16,18-19,21,23,26,28H2,1-4H3,(H,58,67)(H,61,66)/t32-,40?,41+,44?/m1/s1. The molecule has 0 bridgehead atoms. The molecule has 3 aliphatic heterocycles. The van der Waals surface area contributed by atoms with E-state index in [1.54, 1.807) is 55.6 Å². The number of rotatable bonds is 18. The van der Waals surface area contributed by atoms with Gasteiger partial charge in [-0.15, -0.1) is 0 Å². The Morgan fingerprint density at radius 1 is 1.00 bits per heavy atom. The van der Waals surface area contributed by atoms with Crippen LogP contribution in [-0.4, -0.2) is 107 Å². The number of pyridine rings is 2. The van der Waals surface area contributed by atoms with Crippen molar-refractivity contribution in [2.24, 2.45) is 13.0 Å². The summed E-state index contributed by atoms with van der Waals surface area (Å²) in [5, 5.41) is 20.9. The van der Waals surface area contributed by atoms with Crippen molar-refractivity contribution < 1.29 is 55.2 Å². The lowest BCUT2D eigenvalue weighted by Crippen LogP contribution is -2.48. The predicted octanol–water partition coefficient (Wildman–Crippen LogP) is 5.32. The number of aliphatic hydroxyl groups is 1. The van der Waals surface area contributed by atoms with Gasteiger partial charge in [-0.3, -0.25) is 19.2 Å². The number of aromatic nitrogens is 3. The van der Waals surface area contributed by atoms with Gasteiger partial charge in [0.2, 0.25) is 5.91 Å². The zero-order valence-corrected chi connectivity index (χ0v) is 42.3. The van der Waals surface area contributed by atoms with Crippen LogP contribution in [0.15, 0.2) is 111 Å². The number of benzene rings is 2. The summed E-state index contributed by atoms with van der Waals surface area (Å²) in [5.74, 6) is -5.37. The number of sulfone groups is 1. The second kappa shape index (κ2) is 21.6. The molecular weight excluding hydrogens is 998 g/mol. The maximum Gasteiger partial charge on any atom is 0.275 e. The SMILES string of the molecule is CC(C)C(C(=O)N1C[C@H](O)C[C@H]1C(=O)NOc1ccc(-c2ccccc2F)cc1)c1cc(OCCCCCNC(=O)C2=C(CS(C)(=O)=O)c3ccn(C)c(=O)c3C3=C4C2=CN(c2ncc(F)cc2F)C4CCN3)no1. The molecule has 4 aliphatic rings. The number of hydroxylamine groups is 1. The third-order valence-electron chi connectivity index (χ3n) is 13.6. The number of β-amino-alcohol motifs (C(OH)–C–C–N with tert-alkyl or cyclic N) is 1. The number of nitrogens with zero attached hydrogens (tertiary/aromatic N) is 5. The Morgan fingerprint density at radius 2 is 1.77 bits per heavy atom. The van der Waals surface area contributed by atoms with E-state index in [1.807, 2.05) is 13.8 Å². The van der Waals surface area contributed by atoms with E-state index in [2.05, 4.69) is 26.3 Å². The largest absolute Gasteiger partial charge is 0.476 e. The zero-order chi connectivity index (χ0) is 53.3. The van der Waals surface area contributed by atoms with Gasteiger partial charge in [0.15, 0.2) is 33.0 Å². The van der Waals surface area contributed by atoms with Crippen LogP contribution in [0.2, 0.25) is 0 Å². The summed E-state index contributed by atoms with van der Waals surface area (Å²) in [7, 11) is -2.26. The van der Waals surface area contributed by atoms with Gasteiger partial charge in [-0.1, -0.05) is 44.2 Å². The Balaban J connectivity index is 0.828. The Hall–Kier alpha value is -7.72. The van der Waals surface area contributed by atoms with Gasteiger partial charge in [-0.25, -0.2) is 26.6 Å². The minimum absolute atomic E-state index is 0.00259. The van der Waals surface area contributed by atoms with Crippen LogP contribution in [0.25, 0.3) is 22.4 Å². The van der Waals surface area contributed by atoms with Crippen LogP contribution >= 0.6 is 0 Å². The van der Waals surface area contributed by atoms with E-state index in [9.17, 15) is 41.5 Å². The minimum atomic E-state index is -3.82. The summed E-state index contributed by atoms with van der Waals surface area (Å²) in [4.78, 5) is 68.4. The summed E-state index contributed by atoms with van der Waals surface area (Å²) in [5.41, 5.74) is 4.63. The highest BCUT2D eigenvalue weighted by Gasteiger charge is 2.46. The zero-order valence-electron chi connectivity index (χ0n) is 41.4. The van der Waals surface area contributed by atoms with Gasteiger partial charge in [-0.05, 0) is 77.7 Å². The number of carbonyl (C=O) groups is 3. The maximum absolute atomic E-state index is 15.4. The number of likely N-dealkylation sites (tertiary alicyclic amines) is 1. The molecular formula is C53H55F3N8O10S. The Labute approximate surface area is 429 Å². The van der Waals surface area contributed by atoms with Crippen molar-refractivity contribution in [3.8, 4) is 22.8 Å². The average Bonchev–Trinajstić information content (AvgIpc) is 4.12. The lowest BCUT2D eigenvalue weighted by Gasteiger charge is -2.32. The molecule has 3 aromatic heterocycles. The van der Waals surface area contributed by atoms with Crippen molar-refractivity contribution in [1.29, 1.82) is 0 Å². The van der Waals surface area contributed by atoms with Crippen molar-refractivity contribution >= 4 is 44.6 Å². The van der Waals surface area contributed by atoms with Gasteiger partial charge < -0.3 is 44.2 Å². The van der Waals surface area contributed by atoms with Crippen LogP contribution in [-0.2, 0) is 31.3 Å². The van der Waals surface area contributed by atoms with Crippen LogP contribution in [0.5, 0.6) is 11.6 Å². The van der Waals surface area contributed by atoms with E-state index in [0.717, 1.165) is 12.5 Å². The van der Waals surface area contributed by atoms with Crippen molar-refractivity contribution in [3.63, 3.8) is 0 Å². The van der Waals surface area contributed by atoms with Gasteiger partial charge in [0, 0.05) is 80.6 Å². The minimum Gasteiger partial charge on any atom is -0.476 e. The van der Waals surface area contributed by atoms with Crippen LogP contribution in [0, 0.1) is 23.4 Å². The van der Waals surface area contributed by atoms with Gasteiger partial charge in [0.1, 0.15) is 23.6 Å². The van der Waals surface area contributed by atoms with Crippen LogP contribution in [0.1, 0.15) is 68.8 Å². The molecule has 4 N–H and O–H groups in total. The number of carbonyl (C=O) groups excluding carboxylic acids is 3. The Morgan fingerprint density at radius 3 is 2.51 bits per heavy atom. The van der Waals surface area contributed by atoms with Crippen LogP contribution in [0.3, 0.4) is 0 Å². The third kappa shape index (κ3) is 10.9. The second-order valence-electron chi connectivity index (χ2n) is 19.3. The Kier molecular flexibility index (Phi) is 15.0. The highest BCUT2D eigenvalue weighted by atomic mass is 32.2. The van der Waals surface area contributed by atoms with Gasteiger partial charge in [0.25, 0.3) is 23.3 Å². The van der Waals surface area contributed by atoms with E-state index in [-0.39, 0.29) is 88.9 Å². The van der Waals surface area contributed by atoms with Crippen LogP contribution < -0.4 is 36.1 Å². The van der Waals surface area contributed by atoms with Crippen LogP contribution in [0.4, 0.5) is 19.0 Å². The normalized spacial score (nSPS) is 18.5. The van der Waals surface area contributed by atoms with Gasteiger partial charge >= 0.3 is 0 Å². The molecule has 2 aromatic carbocycles. The number of nitrogens with one attached hydrogen (secondary N) is 3. The molecule has 2 unspecified atom stereocenters. The summed E-state index contributed by atoms with van der Waals surface area (Å²) in [6.07, 6.45) is 5.83. The number of halogens is 3. The molecule has 0 spiro atoms. The van der Waals surface area contributed by atoms with E-state index in [1.165, 1.54) is 38.9 Å². The highest BCUT2D eigenvalue weighted by molar-refractivity contribution is 7.91. The van der Waals surface area contributed by atoms with Gasteiger partial charge in [-0.2, -0.15) is 5.48 Å². The topological polar surface area (TPSA) is 228 Å². The molecule has 3 amide bonds. The lowest BCUT2D eigenvalue weighted by atomic mass is 9.89. The summed E-state index contributed by atoms with van der Waals surface area (Å²) in [6, 6.07) is 14.9. The number of aliphatic hydroxyl groups excluding tert-OH is 1. The van der Waals surface area contributed by atoms with E-state index in [0.29, 0.717) is 60.7 Å². The maximum atomic E-state index is 15.4. The molecule has 0 saturated carbocycles. The van der Waals surface area contributed by atoms with E-state index in [4.69, 9.17) is 14.1 Å². The molecule has 9 rings (SSSR count). The first-order chi connectivity index (χ1) is 35.9. The molecule has 22 heteroatoms. The van der Waals surface area contributed by atoms with Crippen molar-refractivity contribution in [2.45, 2.75) is 70.1 Å². The van der Waals surface area contributed by atoms with Crippen molar-refractivity contribution in [1.82, 2.24) is 35.7 Å². The molecule has 6 heterocycles. The number of anilines is 1. The molecule has 5 aromatic rings. The smallest absolute Gasteiger partial charge is 0.275 e. The van der Waals surface area contributed by atoms with Crippen molar-refractivity contribution in [3.05, 3.63) is 147 Å². The molecule has 75 heavy (non-hydrogen) atoms.